The van der Waals surface area contributed by atoms with Gasteiger partial charge in [0.25, 0.3) is 0 Å². The van der Waals surface area contributed by atoms with Crippen LogP contribution in [0.5, 0.6) is 0 Å². The van der Waals surface area contributed by atoms with Crippen LogP contribution in [0.2, 0.25) is 0 Å². The Labute approximate surface area is 85.0 Å². The second kappa shape index (κ2) is 6.11. The minimum absolute atomic E-state index is 0.178. The van der Waals surface area contributed by atoms with E-state index >= 15 is 0 Å². The second-order valence-corrected chi connectivity index (χ2v) is 2.96. The van der Waals surface area contributed by atoms with Gasteiger partial charge in [-0.3, -0.25) is 0 Å². The molecule has 0 aliphatic rings. The van der Waals surface area contributed by atoms with Gasteiger partial charge in [-0.15, -0.1) is 12.3 Å². The first-order valence-electron chi connectivity index (χ1n) is 4.82. The summed E-state index contributed by atoms with van der Waals surface area (Å²) < 4.78 is 0. The van der Waals surface area contributed by atoms with Crippen molar-refractivity contribution in [3.8, 4) is 12.3 Å². The molecular weight excluding hydrogens is 174 g/mol. The molecule has 0 spiro atoms. The normalized spacial score (nSPS) is 12.0. The molecule has 1 heterocycles. The smallest absolute Gasteiger partial charge is 0.145 e. The van der Waals surface area contributed by atoms with E-state index in [2.05, 4.69) is 28.1 Å². The van der Waals surface area contributed by atoms with Crippen LogP contribution in [0, 0.1) is 12.3 Å². The lowest BCUT2D eigenvalue weighted by Crippen LogP contribution is -2.22. The molecule has 0 fully saturated rings. The fraction of sp³-hybridized carbons (Fsp3) is 0.455. The first-order chi connectivity index (χ1) is 6.88. The summed E-state index contributed by atoms with van der Waals surface area (Å²) in [6, 6.07) is 1.99. The molecule has 14 heavy (non-hydrogen) atoms. The minimum atomic E-state index is 0.178. The maximum absolute atomic E-state index is 5.23. The summed E-state index contributed by atoms with van der Waals surface area (Å²) in [5.41, 5.74) is 0. The van der Waals surface area contributed by atoms with Crippen molar-refractivity contribution in [2.75, 3.05) is 6.54 Å². The lowest BCUT2D eigenvalue weighted by molar-refractivity contribution is 0.497. The maximum Gasteiger partial charge on any atom is 0.145 e. The van der Waals surface area contributed by atoms with Gasteiger partial charge in [0.2, 0.25) is 0 Å². The van der Waals surface area contributed by atoms with Gasteiger partial charge in [0, 0.05) is 18.8 Å². The lowest BCUT2D eigenvalue weighted by atomic mass is 10.1. The summed E-state index contributed by atoms with van der Waals surface area (Å²) in [7, 11) is 0. The van der Waals surface area contributed by atoms with Crippen LogP contribution in [0.25, 0.3) is 0 Å². The van der Waals surface area contributed by atoms with Gasteiger partial charge in [-0.05, 0) is 19.0 Å². The summed E-state index contributed by atoms with van der Waals surface area (Å²) in [5.74, 6) is 3.45. The molecule has 3 heteroatoms. The number of terminal acetylenes is 1. The summed E-state index contributed by atoms with van der Waals surface area (Å²) in [6.45, 7) is 2.96. The zero-order valence-electron chi connectivity index (χ0n) is 8.40. The summed E-state index contributed by atoms with van der Waals surface area (Å²) in [4.78, 5) is 8.42. The Morgan fingerprint density at radius 1 is 1.50 bits per heavy atom. The van der Waals surface area contributed by atoms with Crippen LogP contribution in [-0.4, -0.2) is 16.5 Å². The van der Waals surface area contributed by atoms with E-state index in [0.717, 1.165) is 25.2 Å². The third-order valence-corrected chi connectivity index (χ3v) is 1.93. The van der Waals surface area contributed by atoms with Crippen LogP contribution in [0.1, 0.15) is 31.6 Å². The van der Waals surface area contributed by atoms with Crippen molar-refractivity contribution in [1.29, 1.82) is 0 Å². The molecule has 74 valence electrons. The third-order valence-electron chi connectivity index (χ3n) is 1.93. The van der Waals surface area contributed by atoms with E-state index in [0.29, 0.717) is 0 Å². The van der Waals surface area contributed by atoms with Crippen LogP contribution in [0.4, 0.5) is 0 Å². The Balaban J connectivity index is 2.63. The molecule has 1 unspecified atom stereocenters. The zero-order chi connectivity index (χ0) is 10.2. The van der Waals surface area contributed by atoms with Crippen LogP contribution < -0.4 is 5.32 Å². The van der Waals surface area contributed by atoms with E-state index in [9.17, 15) is 0 Å². The molecule has 0 aromatic carbocycles. The number of aromatic nitrogens is 2. The zero-order valence-corrected chi connectivity index (χ0v) is 8.40. The highest BCUT2D eigenvalue weighted by Crippen LogP contribution is 2.12. The molecule has 0 aliphatic heterocycles. The standard InChI is InChI=1S/C11H15N3/c1-3-5-7-10(12-4-2)11-13-8-6-9-14-11/h1,6,8-10,12H,4-5,7H2,2H3. The van der Waals surface area contributed by atoms with Gasteiger partial charge in [0.05, 0.1) is 6.04 Å². The van der Waals surface area contributed by atoms with Crippen LogP contribution in [0.15, 0.2) is 18.5 Å². The number of hydrogen-bond acceptors (Lipinski definition) is 3. The fourth-order valence-electron chi connectivity index (χ4n) is 1.29. The van der Waals surface area contributed by atoms with Gasteiger partial charge in [-0.2, -0.15) is 0 Å². The monoisotopic (exact) mass is 189 g/mol. The predicted octanol–water partition coefficient (Wildman–Crippen LogP) is 1.54. The van der Waals surface area contributed by atoms with Crippen LogP contribution >= 0.6 is 0 Å². The van der Waals surface area contributed by atoms with E-state index in [-0.39, 0.29) is 6.04 Å². The summed E-state index contributed by atoms with van der Waals surface area (Å²) in [6.07, 6.45) is 10.4. The van der Waals surface area contributed by atoms with Gasteiger partial charge in [0.15, 0.2) is 0 Å². The number of nitrogens with zero attached hydrogens (tertiary/aromatic N) is 2. The van der Waals surface area contributed by atoms with Gasteiger partial charge >= 0.3 is 0 Å². The molecule has 1 N–H and O–H groups in total. The van der Waals surface area contributed by atoms with E-state index < -0.39 is 0 Å². The fourth-order valence-corrected chi connectivity index (χ4v) is 1.29. The highest BCUT2D eigenvalue weighted by atomic mass is 15.0. The molecule has 0 bridgehead atoms. The van der Waals surface area contributed by atoms with Gasteiger partial charge < -0.3 is 5.32 Å². The van der Waals surface area contributed by atoms with Crippen molar-refractivity contribution in [2.24, 2.45) is 0 Å². The molecule has 1 aromatic rings. The molecule has 3 nitrogen and oxygen atoms in total. The average molecular weight is 189 g/mol. The van der Waals surface area contributed by atoms with Gasteiger partial charge in [-0.25, -0.2) is 9.97 Å². The van der Waals surface area contributed by atoms with E-state index in [1.54, 1.807) is 12.4 Å². The minimum Gasteiger partial charge on any atom is -0.308 e. The van der Waals surface area contributed by atoms with Gasteiger partial charge in [0.1, 0.15) is 5.82 Å². The van der Waals surface area contributed by atoms with Gasteiger partial charge in [-0.1, -0.05) is 6.92 Å². The van der Waals surface area contributed by atoms with Crippen molar-refractivity contribution in [2.45, 2.75) is 25.8 Å². The van der Waals surface area contributed by atoms with Crippen molar-refractivity contribution in [3.63, 3.8) is 0 Å². The number of hydrogen-bond donors (Lipinski definition) is 1. The Morgan fingerprint density at radius 3 is 2.79 bits per heavy atom. The van der Waals surface area contributed by atoms with Crippen molar-refractivity contribution >= 4 is 0 Å². The molecule has 0 amide bonds. The third kappa shape index (κ3) is 3.15. The van der Waals surface area contributed by atoms with E-state index in [1.165, 1.54) is 0 Å². The van der Waals surface area contributed by atoms with E-state index in [4.69, 9.17) is 6.42 Å². The Bertz CT molecular complexity index is 289. The van der Waals surface area contributed by atoms with Crippen molar-refractivity contribution in [1.82, 2.24) is 15.3 Å². The maximum atomic E-state index is 5.23. The largest absolute Gasteiger partial charge is 0.308 e. The Morgan fingerprint density at radius 2 is 2.21 bits per heavy atom. The molecular formula is C11H15N3. The highest BCUT2D eigenvalue weighted by molar-refractivity contribution is 4.97. The summed E-state index contributed by atoms with van der Waals surface area (Å²) >= 11 is 0. The number of nitrogens with one attached hydrogen (secondary N) is 1. The first-order valence-corrected chi connectivity index (χ1v) is 4.82. The quantitative estimate of drug-likeness (QED) is 0.714. The predicted molar refractivity (Wildman–Crippen MR) is 56.5 cm³/mol. The molecule has 1 rings (SSSR count). The topological polar surface area (TPSA) is 37.8 Å². The number of rotatable bonds is 5. The van der Waals surface area contributed by atoms with Crippen molar-refractivity contribution < 1.29 is 0 Å². The molecule has 0 saturated heterocycles. The highest BCUT2D eigenvalue weighted by Gasteiger charge is 2.11. The average Bonchev–Trinajstić information content (AvgIpc) is 2.25. The lowest BCUT2D eigenvalue weighted by Gasteiger charge is -2.14. The Hall–Kier alpha value is -1.40. The van der Waals surface area contributed by atoms with Crippen LogP contribution in [0.3, 0.4) is 0 Å². The molecule has 0 aliphatic carbocycles. The van der Waals surface area contributed by atoms with E-state index in [1.807, 2.05) is 6.07 Å². The first kappa shape index (κ1) is 10.7. The molecule has 1 atom stereocenters. The Kier molecular flexibility index (Phi) is 4.66. The molecule has 0 saturated carbocycles. The second-order valence-electron chi connectivity index (χ2n) is 2.96. The molecule has 1 aromatic heterocycles. The van der Waals surface area contributed by atoms with Crippen molar-refractivity contribution in [3.05, 3.63) is 24.3 Å². The van der Waals surface area contributed by atoms with Crippen LogP contribution in [-0.2, 0) is 0 Å². The molecule has 0 radical (unpaired) electrons. The summed E-state index contributed by atoms with van der Waals surface area (Å²) in [5, 5.41) is 3.31. The SMILES string of the molecule is C#CCCC(NCC)c1ncccn1.